The van der Waals surface area contributed by atoms with Gasteiger partial charge in [-0.1, -0.05) is 59.8 Å². The van der Waals surface area contributed by atoms with E-state index in [1.807, 2.05) is 80.6 Å². The Bertz CT molecular complexity index is 1280. The lowest BCUT2D eigenvalue weighted by Gasteiger charge is -2.13. The molecule has 3 aromatic carbocycles. The van der Waals surface area contributed by atoms with Crippen LogP contribution in [0.2, 0.25) is 0 Å². The fourth-order valence-electron chi connectivity index (χ4n) is 3.28. The highest BCUT2D eigenvalue weighted by Crippen LogP contribution is 2.22. The molecule has 0 fully saturated rings. The van der Waals surface area contributed by atoms with Crippen LogP contribution in [0.15, 0.2) is 82.7 Å². The van der Waals surface area contributed by atoms with Crippen LogP contribution in [0.25, 0.3) is 16.6 Å². The van der Waals surface area contributed by atoms with Crippen LogP contribution >= 0.6 is 11.8 Å². The number of hydrogen-bond donors (Lipinski definition) is 1. The summed E-state index contributed by atoms with van der Waals surface area (Å²) in [4.78, 5) is 30.4. The molecule has 0 atom stereocenters. The lowest BCUT2D eigenvalue weighted by atomic mass is 10.1. The van der Waals surface area contributed by atoms with E-state index in [0.717, 1.165) is 22.5 Å². The summed E-state index contributed by atoms with van der Waals surface area (Å²) >= 11 is 1.25. The maximum absolute atomic E-state index is 13.2. The fourth-order valence-corrected chi connectivity index (χ4v) is 4.10. The molecular formula is C24H21N3O2S. The van der Waals surface area contributed by atoms with E-state index in [-0.39, 0.29) is 17.2 Å². The quantitative estimate of drug-likeness (QED) is 0.378. The van der Waals surface area contributed by atoms with Crippen LogP contribution in [0.5, 0.6) is 0 Å². The third-order valence-corrected chi connectivity index (χ3v) is 5.69. The largest absolute Gasteiger partial charge is 0.325 e. The van der Waals surface area contributed by atoms with Gasteiger partial charge in [-0.25, -0.2) is 4.98 Å². The molecule has 0 saturated heterocycles. The fraction of sp³-hybridized carbons (Fsp3) is 0.125. The Morgan fingerprint density at radius 2 is 1.73 bits per heavy atom. The summed E-state index contributed by atoms with van der Waals surface area (Å²) < 4.78 is 1.57. The molecular weight excluding hydrogens is 394 g/mol. The summed E-state index contributed by atoms with van der Waals surface area (Å²) in [6.07, 6.45) is 0. The number of carbonyl (C=O) groups excluding carboxylic acids is 1. The van der Waals surface area contributed by atoms with Crippen molar-refractivity contribution in [2.45, 2.75) is 19.0 Å². The summed E-state index contributed by atoms with van der Waals surface area (Å²) in [5.74, 6) is -0.000690. The van der Waals surface area contributed by atoms with E-state index < -0.39 is 0 Å². The number of fused-ring (bicyclic) bond motifs is 1. The number of aromatic nitrogens is 2. The average Bonchev–Trinajstić information content (AvgIpc) is 2.75. The minimum Gasteiger partial charge on any atom is -0.325 e. The lowest BCUT2D eigenvalue weighted by Crippen LogP contribution is -2.23. The summed E-state index contributed by atoms with van der Waals surface area (Å²) in [5, 5.41) is 3.98. The molecule has 0 aliphatic carbocycles. The zero-order valence-electron chi connectivity index (χ0n) is 16.8. The highest BCUT2D eigenvalue weighted by Gasteiger charge is 2.15. The Morgan fingerprint density at radius 3 is 2.50 bits per heavy atom. The van der Waals surface area contributed by atoms with E-state index >= 15 is 0 Å². The molecule has 1 N–H and O–H groups in total. The average molecular weight is 416 g/mol. The van der Waals surface area contributed by atoms with Gasteiger partial charge >= 0.3 is 0 Å². The van der Waals surface area contributed by atoms with Crippen molar-refractivity contribution < 1.29 is 4.79 Å². The molecule has 0 aliphatic heterocycles. The second-order valence-electron chi connectivity index (χ2n) is 7.04. The van der Waals surface area contributed by atoms with E-state index in [0.29, 0.717) is 16.1 Å². The Labute approximate surface area is 178 Å². The van der Waals surface area contributed by atoms with Crippen molar-refractivity contribution in [1.82, 2.24) is 9.55 Å². The normalized spacial score (nSPS) is 10.9. The monoisotopic (exact) mass is 415 g/mol. The highest BCUT2D eigenvalue weighted by molar-refractivity contribution is 7.99. The summed E-state index contributed by atoms with van der Waals surface area (Å²) in [5.41, 5.74) is 4.14. The van der Waals surface area contributed by atoms with Gasteiger partial charge in [-0.05, 0) is 49.7 Å². The van der Waals surface area contributed by atoms with Gasteiger partial charge in [-0.3, -0.25) is 14.2 Å². The van der Waals surface area contributed by atoms with E-state index in [1.165, 1.54) is 11.8 Å². The maximum Gasteiger partial charge on any atom is 0.266 e. The number of nitrogens with one attached hydrogen (secondary N) is 1. The molecule has 0 radical (unpaired) electrons. The maximum atomic E-state index is 13.2. The molecule has 0 unspecified atom stereocenters. The summed E-state index contributed by atoms with van der Waals surface area (Å²) in [6, 6.07) is 22.5. The van der Waals surface area contributed by atoms with Crippen molar-refractivity contribution in [3.05, 3.63) is 94.3 Å². The number of anilines is 1. The number of carbonyl (C=O) groups is 1. The minimum atomic E-state index is -0.149. The molecule has 1 heterocycles. The van der Waals surface area contributed by atoms with Gasteiger partial charge in [-0.15, -0.1) is 0 Å². The predicted octanol–water partition coefficient (Wildman–Crippen LogP) is 4.73. The zero-order chi connectivity index (χ0) is 21.1. The topological polar surface area (TPSA) is 64.0 Å². The highest BCUT2D eigenvalue weighted by atomic mass is 32.2. The van der Waals surface area contributed by atoms with Gasteiger partial charge in [0.15, 0.2) is 5.16 Å². The van der Waals surface area contributed by atoms with Gasteiger partial charge in [0.2, 0.25) is 5.91 Å². The Morgan fingerprint density at radius 1 is 1.00 bits per heavy atom. The van der Waals surface area contributed by atoms with Crippen LogP contribution in [0.4, 0.5) is 5.69 Å². The SMILES string of the molecule is Cc1ccc(NC(=O)CSc2nc3ccccc3c(=O)n2-c2ccccc2)c(C)c1. The molecule has 1 amide bonds. The Hall–Kier alpha value is -3.38. The van der Waals surface area contributed by atoms with Crippen molar-refractivity contribution >= 4 is 34.3 Å². The summed E-state index contributed by atoms with van der Waals surface area (Å²) in [7, 11) is 0. The van der Waals surface area contributed by atoms with Crippen molar-refractivity contribution in [3.8, 4) is 5.69 Å². The zero-order valence-corrected chi connectivity index (χ0v) is 17.6. The molecule has 0 bridgehead atoms. The van der Waals surface area contributed by atoms with E-state index in [1.54, 1.807) is 10.6 Å². The third-order valence-electron chi connectivity index (χ3n) is 4.75. The Balaban J connectivity index is 1.65. The van der Waals surface area contributed by atoms with E-state index in [4.69, 9.17) is 0 Å². The van der Waals surface area contributed by atoms with Crippen LogP contribution in [-0.4, -0.2) is 21.2 Å². The Kier molecular flexibility index (Phi) is 5.68. The molecule has 6 heteroatoms. The first kappa shape index (κ1) is 19.9. The second-order valence-corrected chi connectivity index (χ2v) is 7.99. The number of para-hydroxylation sites is 2. The molecule has 150 valence electrons. The van der Waals surface area contributed by atoms with Crippen LogP contribution in [0.1, 0.15) is 11.1 Å². The number of hydrogen-bond acceptors (Lipinski definition) is 4. The van der Waals surface area contributed by atoms with Crippen molar-refractivity contribution in [3.63, 3.8) is 0 Å². The lowest BCUT2D eigenvalue weighted by molar-refractivity contribution is -0.113. The van der Waals surface area contributed by atoms with Gasteiger partial charge in [0.1, 0.15) is 0 Å². The smallest absolute Gasteiger partial charge is 0.266 e. The first-order valence-electron chi connectivity index (χ1n) is 9.60. The number of aryl methyl sites for hydroxylation is 2. The predicted molar refractivity (Wildman–Crippen MR) is 123 cm³/mol. The van der Waals surface area contributed by atoms with Crippen LogP contribution in [0.3, 0.4) is 0 Å². The number of nitrogens with zero attached hydrogens (tertiary/aromatic N) is 2. The number of benzene rings is 3. The second kappa shape index (κ2) is 8.55. The van der Waals surface area contributed by atoms with Crippen molar-refractivity contribution in [2.75, 3.05) is 11.1 Å². The molecule has 30 heavy (non-hydrogen) atoms. The molecule has 4 rings (SSSR count). The molecule has 1 aromatic heterocycles. The minimum absolute atomic E-state index is 0.144. The molecule has 0 spiro atoms. The molecule has 0 aliphatic rings. The summed E-state index contributed by atoms with van der Waals surface area (Å²) in [6.45, 7) is 3.98. The molecule has 0 saturated carbocycles. The number of rotatable bonds is 5. The van der Waals surface area contributed by atoms with Gasteiger partial charge < -0.3 is 5.32 Å². The van der Waals surface area contributed by atoms with Crippen LogP contribution in [0, 0.1) is 13.8 Å². The number of thioether (sulfide) groups is 1. The van der Waals surface area contributed by atoms with Gasteiger partial charge in [0, 0.05) is 5.69 Å². The van der Waals surface area contributed by atoms with Crippen molar-refractivity contribution in [2.24, 2.45) is 0 Å². The van der Waals surface area contributed by atoms with Gasteiger partial charge in [-0.2, -0.15) is 0 Å². The molecule has 5 nitrogen and oxygen atoms in total. The van der Waals surface area contributed by atoms with Crippen molar-refractivity contribution in [1.29, 1.82) is 0 Å². The van der Waals surface area contributed by atoms with E-state index in [9.17, 15) is 9.59 Å². The van der Waals surface area contributed by atoms with Crippen LogP contribution < -0.4 is 10.9 Å². The standard InChI is InChI=1S/C24H21N3O2S/c1-16-12-13-20(17(2)14-16)25-22(28)15-30-24-26-21-11-7-6-10-19(21)23(29)27(24)18-8-4-3-5-9-18/h3-14H,15H2,1-2H3,(H,25,28). The van der Waals surface area contributed by atoms with Gasteiger partial charge in [0.05, 0.1) is 22.3 Å². The van der Waals surface area contributed by atoms with E-state index in [2.05, 4.69) is 10.3 Å². The number of amides is 1. The third kappa shape index (κ3) is 4.14. The van der Waals surface area contributed by atoms with Gasteiger partial charge in [0.25, 0.3) is 5.56 Å². The van der Waals surface area contributed by atoms with Crippen LogP contribution in [-0.2, 0) is 4.79 Å². The molecule has 4 aromatic rings. The first-order valence-corrected chi connectivity index (χ1v) is 10.6. The first-order chi connectivity index (χ1) is 14.5.